The maximum atomic E-state index is 12.6. The number of carbonyl (C=O) groups is 1. The number of halogens is 3. The Bertz CT molecular complexity index is 987. The van der Waals surface area contributed by atoms with E-state index >= 15 is 0 Å². The summed E-state index contributed by atoms with van der Waals surface area (Å²) in [4.78, 5) is 13.4. The molecule has 0 saturated carbocycles. The normalized spacial score (nSPS) is 12.7. The van der Waals surface area contributed by atoms with Crippen LogP contribution >= 0.6 is 0 Å². The van der Waals surface area contributed by atoms with Crippen LogP contribution < -0.4 is 5.32 Å². The third-order valence-electron chi connectivity index (χ3n) is 4.99. The molecule has 1 amide bonds. The fourth-order valence-corrected chi connectivity index (χ4v) is 3.23. The largest absolute Gasteiger partial charge is 0.401 e. The van der Waals surface area contributed by atoms with Crippen LogP contribution in [0.3, 0.4) is 0 Å². The molecule has 0 saturated heterocycles. The number of nitrogens with one attached hydrogen (secondary N) is 1. The molecule has 0 aliphatic rings. The number of hydrogen-bond acceptors (Lipinski definition) is 3. The summed E-state index contributed by atoms with van der Waals surface area (Å²) in [6.07, 6.45) is -2.50. The Kier molecular flexibility index (Phi) is 7.12. The predicted molar refractivity (Wildman–Crippen MR) is 113 cm³/mol. The zero-order valence-electron chi connectivity index (χ0n) is 17.4. The Labute approximate surface area is 179 Å². The number of aromatic nitrogens is 2. The summed E-state index contributed by atoms with van der Waals surface area (Å²) in [5.41, 5.74) is 3.51. The summed E-state index contributed by atoms with van der Waals surface area (Å²) >= 11 is 0. The second-order valence-corrected chi connectivity index (χ2v) is 7.48. The summed E-state index contributed by atoms with van der Waals surface area (Å²) in [6.45, 7) is 1.05. The molecule has 0 radical (unpaired) electrons. The van der Waals surface area contributed by atoms with Crippen molar-refractivity contribution in [2.45, 2.75) is 32.2 Å². The highest BCUT2D eigenvalue weighted by Gasteiger charge is 2.32. The monoisotopic (exact) mass is 430 g/mol. The van der Waals surface area contributed by atoms with Gasteiger partial charge in [-0.15, -0.1) is 0 Å². The average Bonchev–Trinajstić information content (AvgIpc) is 3.14. The average molecular weight is 430 g/mol. The molecule has 5 nitrogen and oxygen atoms in total. The van der Waals surface area contributed by atoms with Gasteiger partial charge in [0.1, 0.15) is 0 Å². The number of nitrogens with zero attached hydrogens (tertiary/aromatic N) is 3. The molecule has 0 aliphatic heterocycles. The van der Waals surface area contributed by atoms with Crippen molar-refractivity contribution in [1.82, 2.24) is 20.0 Å². The van der Waals surface area contributed by atoms with Crippen molar-refractivity contribution >= 4 is 5.91 Å². The molecule has 0 bridgehead atoms. The summed E-state index contributed by atoms with van der Waals surface area (Å²) in [5, 5.41) is 7.44. The molecule has 0 aliphatic carbocycles. The van der Waals surface area contributed by atoms with Gasteiger partial charge >= 0.3 is 6.18 Å². The van der Waals surface area contributed by atoms with Crippen molar-refractivity contribution in [2.75, 3.05) is 13.6 Å². The molecule has 164 valence electrons. The number of amides is 1. The van der Waals surface area contributed by atoms with E-state index < -0.39 is 24.7 Å². The minimum atomic E-state index is -4.36. The van der Waals surface area contributed by atoms with Crippen LogP contribution in [0.5, 0.6) is 0 Å². The maximum absolute atomic E-state index is 12.6. The Morgan fingerprint density at radius 1 is 1.10 bits per heavy atom. The quantitative estimate of drug-likeness (QED) is 0.586. The molecular formula is C23H25F3N4O. The molecular weight excluding hydrogens is 405 g/mol. The summed E-state index contributed by atoms with van der Waals surface area (Å²) < 4.78 is 39.7. The first kappa shape index (κ1) is 22.6. The second-order valence-electron chi connectivity index (χ2n) is 7.48. The van der Waals surface area contributed by atoms with Crippen LogP contribution in [0.1, 0.15) is 18.1 Å². The number of alkyl halides is 3. The van der Waals surface area contributed by atoms with Gasteiger partial charge in [0.05, 0.1) is 24.8 Å². The highest BCUT2D eigenvalue weighted by Crippen LogP contribution is 2.23. The lowest BCUT2D eigenvalue weighted by Crippen LogP contribution is -2.46. The van der Waals surface area contributed by atoms with E-state index in [-0.39, 0.29) is 6.54 Å². The van der Waals surface area contributed by atoms with Crippen molar-refractivity contribution in [3.63, 3.8) is 0 Å². The van der Waals surface area contributed by atoms with Crippen LogP contribution in [0.15, 0.2) is 66.9 Å². The van der Waals surface area contributed by atoms with E-state index in [9.17, 15) is 18.0 Å². The molecule has 3 aromatic rings. The van der Waals surface area contributed by atoms with Crippen LogP contribution in [0.2, 0.25) is 0 Å². The van der Waals surface area contributed by atoms with Crippen molar-refractivity contribution in [1.29, 1.82) is 0 Å². The van der Waals surface area contributed by atoms with E-state index in [0.717, 1.165) is 27.3 Å². The Hall–Kier alpha value is -3.13. The molecule has 1 N–H and O–H groups in total. The first-order chi connectivity index (χ1) is 14.7. The van der Waals surface area contributed by atoms with Gasteiger partial charge < -0.3 is 5.32 Å². The minimum absolute atomic E-state index is 0.169. The summed E-state index contributed by atoms with van der Waals surface area (Å²) in [6, 6.07) is 18.5. The molecule has 8 heteroatoms. The molecule has 1 atom stereocenters. The molecule has 0 fully saturated rings. The summed E-state index contributed by atoms with van der Waals surface area (Å²) in [5.74, 6) is -0.471. The Morgan fingerprint density at radius 2 is 1.71 bits per heavy atom. The van der Waals surface area contributed by atoms with Crippen molar-refractivity contribution < 1.29 is 18.0 Å². The Balaban J connectivity index is 1.75. The van der Waals surface area contributed by atoms with Crippen molar-refractivity contribution in [3.8, 4) is 11.3 Å². The third kappa shape index (κ3) is 6.42. The fourth-order valence-electron chi connectivity index (χ4n) is 3.23. The van der Waals surface area contributed by atoms with Crippen LogP contribution in [0.25, 0.3) is 11.3 Å². The minimum Gasteiger partial charge on any atom is -0.351 e. The number of rotatable bonds is 8. The molecule has 1 unspecified atom stereocenters. The number of carbonyl (C=O) groups excluding carboxylic acids is 1. The van der Waals surface area contributed by atoms with E-state index in [1.807, 2.05) is 66.9 Å². The fraction of sp³-hybridized carbons (Fsp3) is 0.304. The zero-order valence-corrected chi connectivity index (χ0v) is 17.4. The van der Waals surface area contributed by atoms with Crippen molar-refractivity contribution in [2.24, 2.45) is 0 Å². The van der Waals surface area contributed by atoms with Gasteiger partial charge in [-0.2, -0.15) is 18.3 Å². The lowest BCUT2D eigenvalue weighted by atomic mass is 10.1. The highest BCUT2D eigenvalue weighted by atomic mass is 19.4. The SMILES string of the molecule is CC(C(=O)NCc1cn(Cc2ccccc2)nc1-c1ccccc1)N(C)CC(F)(F)F. The van der Waals surface area contributed by atoms with Gasteiger partial charge in [0, 0.05) is 23.9 Å². The van der Waals surface area contributed by atoms with E-state index in [2.05, 4.69) is 10.4 Å². The second kappa shape index (κ2) is 9.78. The molecule has 31 heavy (non-hydrogen) atoms. The van der Waals surface area contributed by atoms with Crippen LogP contribution in [0.4, 0.5) is 13.2 Å². The van der Waals surface area contributed by atoms with Crippen LogP contribution in [0, 0.1) is 0 Å². The van der Waals surface area contributed by atoms with E-state index in [4.69, 9.17) is 0 Å². The molecule has 0 spiro atoms. The topological polar surface area (TPSA) is 50.2 Å². The molecule has 3 rings (SSSR count). The van der Waals surface area contributed by atoms with Crippen LogP contribution in [-0.2, 0) is 17.9 Å². The van der Waals surface area contributed by atoms with Gasteiger partial charge in [-0.1, -0.05) is 60.7 Å². The summed E-state index contributed by atoms with van der Waals surface area (Å²) in [7, 11) is 1.28. The van der Waals surface area contributed by atoms with Gasteiger partial charge in [-0.05, 0) is 19.5 Å². The van der Waals surface area contributed by atoms with E-state index in [1.165, 1.54) is 14.0 Å². The van der Waals surface area contributed by atoms with E-state index in [0.29, 0.717) is 6.54 Å². The molecule has 2 aromatic carbocycles. The number of likely N-dealkylation sites (N-methyl/N-ethyl adjacent to an activating group) is 1. The number of hydrogen-bond donors (Lipinski definition) is 1. The van der Waals surface area contributed by atoms with Gasteiger partial charge in [0.15, 0.2) is 0 Å². The van der Waals surface area contributed by atoms with Gasteiger partial charge in [0.2, 0.25) is 5.91 Å². The lowest BCUT2D eigenvalue weighted by Gasteiger charge is -2.24. The maximum Gasteiger partial charge on any atom is 0.401 e. The zero-order chi connectivity index (χ0) is 22.4. The van der Waals surface area contributed by atoms with E-state index in [1.54, 1.807) is 4.68 Å². The van der Waals surface area contributed by atoms with Gasteiger partial charge in [-0.25, -0.2) is 0 Å². The molecule has 1 heterocycles. The van der Waals surface area contributed by atoms with Crippen LogP contribution in [-0.4, -0.2) is 46.4 Å². The lowest BCUT2D eigenvalue weighted by molar-refractivity contribution is -0.151. The Morgan fingerprint density at radius 3 is 2.32 bits per heavy atom. The van der Waals surface area contributed by atoms with Gasteiger partial charge in [-0.3, -0.25) is 14.4 Å². The van der Waals surface area contributed by atoms with Crippen molar-refractivity contribution in [3.05, 3.63) is 78.0 Å². The number of benzene rings is 2. The third-order valence-corrected chi connectivity index (χ3v) is 4.99. The molecule has 1 aromatic heterocycles. The first-order valence-corrected chi connectivity index (χ1v) is 9.93. The highest BCUT2D eigenvalue weighted by molar-refractivity contribution is 5.81. The smallest absolute Gasteiger partial charge is 0.351 e. The standard InChI is InChI=1S/C23H25F3N4O/c1-17(29(2)16-23(24,25)26)22(31)27-13-20-15-30(14-18-9-5-3-6-10-18)28-21(20)19-11-7-4-8-12-19/h3-12,15,17H,13-14,16H2,1-2H3,(H,27,31). The van der Waals surface area contributed by atoms with Gasteiger partial charge in [0.25, 0.3) is 0 Å². The first-order valence-electron chi connectivity index (χ1n) is 9.93. The predicted octanol–water partition coefficient (Wildman–Crippen LogP) is 4.10.